The van der Waals surface area contributed by atoms with Crippen LogP contribution in [0.25, 0.3) is 0 Å². The molecule has 0 bridgehead atoms. The summed E-state index contributed by atoms with van der Waals surface area (Å²) in [6.45, 7) is 1.04. The van der Waals surface area contributed by atoms with Crippen LogP contribution in [-0.2, 0) is 15.0 Å². The number of carbonyl (C=O) groups excluding carboxylic acids is 2. The van der Waals surface area contributed by atoms with Crippen molar-refractivity contribution in [1.29, 1.82) is 5.26 Å². The maximum atomic E-state index is 13.5. The summed E-state index contributed by atoms with van der Waals surface area (Å²) < 4.78 is 5.23. The zero-order chi connectivity index (χ0) is 23.3. The molecule has 6 nitrogen and oxygen atoms in total. The number of rotatable bonds is 5. The number of hydrogen-bond acceptors (Lipinski definition) is 4. The van der Waals surface area contributed by atoms with Gasteiger partial charge in [-0.05, 0) is 43.4 Å². The fourth-order valence-corrected chi connectivity index (χ4v) is 4.88. The molecule has 2 aromatic rings. The minimum absolute atomic E-state index is 0.00439. The van der Waals surface area contributed by atoms with E-state index >= 15 is 0 Å². The first-order valence-electron chi connectivity index (χ1n) is 11.4. The minimum atomic E-state index is -0.562. The van der Waals surface area contributed by atoms with E-state index < -0.39 is 17.3 Å². The van der Waals surface area contributed by atoms with Gasteiger partial charge < -0.3 is 15.0 Å². The number of carbonyl (C=O) groups is 2. The molecule has 1 saturated heterocycles. The van der Waals surface area contributed by atoms with Gasteiger partial charge in [0.25, 0.3) is 0 Å². The molecule has 2 unspecified atom stereocenters. The third-order valence-corrected chi connectivity index (χ3v) is 6.89. The number of nitrogens with one attached hydrogen (secondary N) is 1. The number of hydrogen-bond donors (Lipinski definition) is 1. The van der Waals surface area contributed by atoms with Gasteiger partial charge in [-0.15, -0.1) is 0 Å². The van der Waals surface area contributed by atoms with E-state index in [0.717, 1.165) is 5.56 Å². The van der Waals surface area contributed by atoms with E-state index in [2.05, 4.69) is 11.4 Å². The number of nitriles is 1. The number of ether oxygens (including phenoxy) is 1. The second-order valence-corrected chi connectivity index (χ2v) is 8.76. The molecule has 2 aliphatic rings. The molecule has 0 radical (unpaired) electrons. The van der Waals surface area contributed by atoms with Crippen LogP contribution in [0.15, 0.2) is 66.7 Å². The zero-order valence-corrected chi connectivity index (χ0v) is 18.9. The number of amides is 2. The van der Waals surface area contributed by atoms with Crippen molar-refractivity contribution in [1.82, 2.24) is 4.90 Å². The molecule has 1 fully saturated rings. The third-order valence-electron chi connectivity index (χ3n) is 6.89. The molecule has 0 saturated carbocycles. The monoisotopic (exact) mass is 443 g/mol. The molecule has 6 heteroatoms. The Balaban J connectivity index is 1.44. The summed E-state index contributed by atoms with van der Waals surface area (Å²) in [5, 5.41) is 12.9. The van der Waals surface area contributed by atoms with Crippen LogP contribution in [0, 0.1) is 23.2 Å². The summed E-state index contributed by atoms with van der Waals surface area (Å²) in [5.41, 5.74) is 1.10. The number of allylic oxidation sites excluding steroid dienone is 2. The normalized spacial score (nSPS) is 21.6. The quantitative estimate of drug-likeness (QED) is 0.699. The lowest BCUT2D eigenvalue weighted by Gasteiger charge is -2.40. The number of benzene rings is 2. The number of anilines is 1. The van der Waals surface area contributed by atoms with Crippen molar-refractivity contribution >= 4 is 17.5 Å². The highest BCUT2D eigenvalue weighted by atomic mass is 16.5. The highest BCUT2D eigenvalue weighted by Gasteiger charge is 2.41. The first-order valence-corrected chi connectivity index (χ1v) is 11.4. The molecule has 1 heterocycles. The lowest BCUT2D eigenvalue weighted by Crippen LogP contribution is -2.49. The summed E-state index contributed by atoms with van der Waals surface area (Å²) in [7, 11) is 1.58. The molecule has 0 aromatic heterocycles. The molecular formula is C27H29N3O3. The first kappa shape index (κ1) is 22.6. The Morgan fingerprint density at radius 3 is 2.39 bits per heavy atom. The van der Waals surface area contributed by atoms with E-state index in [-0.39, 0.29) is 11.8 Å². The lowest BCUT2D eigenvalue weighted by atomic mass is 9.73. The highest BCUT2D eigenvalue weighted by Crippen LogP contribution is 2.37. The number of likely N-dealkylation sites (tertiary alicyclic amines) is 1. The van der Waals surface area contributed by atoms with Gasteiger partial charge in [-0.3, -0.25) is 9.59 Å². The molecule has 2 atom stereocenters. The topological polar surface area (TPSA) is 82.4 Å². The van der Waals surface area contributed by atoms with Crippen molar-refractivity contribution in [3.05, 3.63) is 72.3 Å². The van der Waals surface area contributed by atoms with Gasteiger partial charge in [-0.25, -0.2) is 0 Å². The van der Waals surface area contributed by atoms with Crippen molar-refractivity contribution in [2.45, 2.75) is 31.1 Å². The largest absolute Gasteiger partial charge is 0.497 e. The Morgan fingerprint density at radius 1 is 1.03 bits per heavy atom. The molecule has 33 heavy (non-hydrogen) atoms. The van der Waals surface area contributed by atoms with Gasteiger partial charge in [0, 0.05) is 24.8 Å². The Hall–Kier alpha value is -3.59. The van der Waals surface area contributed by atoms with Crippen molar-refractivity contribution in [3.63, 3.8) is 0 Å². The van der Waals surface area contributed by atoms with Crippen LogP contribution < -0.4 is 10.1 Å². The van der Waals surface area contributed by atoms with Crippen LogP contribution in [0.5, 0.6) is 5.75 Å². The van der Waals surface area contributed by atoms with Gasteiger partial charge in [0.15, 0.2) is 0 Å². The van der Waals surface area contributed by atoms with Crippen LogP contribution in [0.1, 0.15) is 31.2 Å². The molecule has 1 N–H and O–H groups in total. The van der Waals surface area contributed by atoms with Gasteiger partial charge in [0.1, 0.15) is 5.75 Å². The third kappa shape index (κ3) is 4.78. The zero-order valence-electron chi connectivity index (χ0n) is 18.9. The average Bonchev–Trinajstić information content (AvgIpc) is 2.89. The Kier molecular flexibility index (Phi) is 6.79. The van der Waals surface area contributed by atoms with Crippen molar-refractivity contribution < 1.29 is 14.3 Å². The summed E-state index contributed by atoms with van der Waals surface area (Å²) in [5.74, 6) is -0.308. The number of nitrogens with zero attached hydrogens (tertiary/aromatic N) is 2. The SMILES string of the molecule is COc1cccc(NC(=O)C2CC=CCC2C(=O)N2CCC(C#N)(c3ccccc3)CC2)c1. The van der Waals surface area contributed by atoms with E-state index in [4.69, 9.17) is 4.74 Å². The highest BCUT2D eigenvalue weighted by molar-refractivity contribution is 5.96. The van der Waals surface area contributed by atoms with E-state index in [1.807, 2.05) is 65.6 Å². The van der Waals surface area contributed by atoms with Crippen LogP contribution in [-0.4, -0.2) is 36.9 Å². The lowest BCUT2D eigenvalue weighted by molar-refractivity contribution is -0.142. The molecular weight excluding hydrogens is 414 g/mol. The summed E-state index contributed by atoms with van der Waals surface area (Å²) in [4.78, 5) is 28.4. The van der Waals surface area contributed by atoms with E-state index in [1.165, 1.54) is 0 Å². The Morgan fingerprint density at radius 2 is 1.73 bits per heavy atom. The maximum absolute atomic E-state index is 13.5. The van der Waals surface area contributed by atoms with E-state index in [0.29, 0.717) is 50.2 Å². The Labute approximate surface area is 194 Å². The molecule has 2 aromatic carbocycles. The van der Waals surface area contributed by atoms with Crippen LogP contribution in [0.2, 0.25) is 0 Å². The summed E-state index contributed by atoms with van der Waals surface area (Å²) in [6, 6.07) is 19.6. The fourth-order valence-electron chi connectivity index (χ4n) is 4.88. The first-order chi connectivity index (χ1) is 16.1. The van der Waals surface area contributed by atoms with Crippen LogP contribution >= 0.6 is 0 Å². The molecule has 2 amide bonds. The predicted molar refractivity (Wildman–Crippen MR) is 127 cm³/mol. The molecule has 0 spiro atoms. The molecule has 170 valence electrons. The van der Waals surface area contributed by atoms with E-state index in [1.54, 1.807) is 13.2 Å². The van der Waals surface area contributed by atoms with Crippen molar-refractivity contribution in [2.24, 2.45) is 11.8 Å². The second kappa shape index (κ2) is 9.91. The second-order valence-electron chi connectivity index (χ2n) is 8.76. The van der Waals surface area contributed by atoms with Gasteiger partial charge >= 0.3 is 0 Å². The van der Waals surface area contributed by atoms with Gasteiger partial charge in [-0.2, -0.15) is 5.26 Å². The van der Waals surface area contributed by atoms with E-state index in [9.17, 15) is 14.9 Å². The summed E-state index contributed by atoms with van der Waals surface area (Å²) >= 11 is 0. The van der Waals surface area contributed by atoms with Crippen molar-refractivity contribution in [3.8, 4) is 11.8 Å². The molecule has 1 aliphatic heterocycles. The fraction of sp³-hybridized carbons (Fsp3) is 0.370. The smallest absolute Gasteiger partial charge is 0.228 e. The van der Waals surface area contributed by atoms with Gasteiger partial charge in [0.2, 0.25) is 11.8 Å². The number of piperidine rings is 1. The van der Waals surface area contributed by atoms with Crippen LogP contribution in [0.4, 0.5) is 5.69 Å². The van der Waals surface area contributed by atoms with Gasteiger partial charge in [0.05, 0.1) is 30.4 Å². The summed E-state index contributed by atoms with van der Waals surface area (Å²) in [6.07, 6.45) is 6.25. The van der Waals surface area contributed by atoms with Gasteiger partial charge in [-0.1, -0.05) is 48.6 Å². The Bertz CT molecular complexity index is 1070. The minimum Gasteiger partial charge on any atom is -0.497 e. The predicted octanol–water partition coefficient (Wildman–Crippen LogP) is 4.30. The van der Waals surface area contributed by atoms with Crippen LogP contribution in [0.3, 0.4) is 0 Å². The maximum Gasteiger partial charge on any atom is 0.228 e. The number of methoxy groups -OCH3 is 1. The molecule has 1 aliphatic carbocycles. The standard InChI is InChI=1S/C27H29N3O3/c1-33-22-11-7-10-21(18-22)29-25(31)23-12-5-6-13-24(23)26(32)30-16-14-27(19-28,15-17-30)20-8-3-2-4-9-20/h2-11,18,23-24H,12-17H2,1H3,(H,29,31). The molecule has 4 rings (SSSR count). The average molecular weight is 444 g/mol. The van der Waals surface area contributed by atoms with Crippen molar-refractivity contribution in [2.75, 3.05) is 25.5 Å².